The number of hydrogen-bond acceptors (Lipinski definition) is 7. The van der Waals surface area contributed by atoms with Crippen molar-refractivity contribution in [2.45, 2.75) is 24.9 Å². The molecule has 1 heterocycles. The number of tetrazole rings is 1. The van der Waals surface area contributed by atoms with Gasteiger partial charge in [-0.05, 0) is 54.6 Å². The number of Topliss-reactive ketones (excluding diaryl/α,β-unsaturated/α-hetero) is 1. The number of ether oxygens (including phenoxy) is 1. The Morgan fingerprint density at radius 3 is 2.54 bits per heavy atom. The van der Waals surface area contributed by atoms with E-state index in [0.717, 1.165) is 0 Å². The fourth-order valence-electron chi connectivity index (χ4n) is 2.81. The molecule has 0 radical (unpaired) electrons. The van der Waals surface area contributed by atoms with Crippen molar-refractivity contribution in [2.24, 2.45) is 0 Å². The van der Waals surface area contributed by atoms with E-state index < -0.39 is 15.1 Å². The highest BCUT2D eigenvalue weighted by Gasteiger charge is 2.30. The summed E-state index contributed by atoms with van der Waals surface area (Å²) in [4.78, 5) is 11.7. The predicted molar refractivity (Wildman–Crippen MR) is 103 cm³/mol. The van der Waals surface area contributed by atoms with Crippen LogP contribution in [0.25, 0.3) is 5.69 Å². The molecule has 0 fully saturated rings. The number of carbonyl (C=O) groups is 1. The zero-order valence-electron chi connectivity index (χ0n) is 15.7. The van der Waals surface area contributed by atoms with Crippen LogP contribution in [-0.2, 0) is 15.6 Å². The standard InChI is InChI=1S/C19H20N4O4S/c1-13(24)15-9-10-18(27-3)16(11-15)12-28(25,26)14(2)19-20-21-22-23(19)17-7-5-4-6-8-17/h4-11,14H,12H2,1-3H3. The third kappa shape index (κ3) is 3.94. The highest BCUT2D eigenvalue weighted by Crippen LogP contribution is 2.29. The van der Waals surface area contributed by atoms with Gasteiger partial charge in [0.25, 0.3) is 0 Å². The summed E-state index contributed by atoms with van der Waals surface area (Å²) in [7, 11) is -2.24. The van der Waals surface area contributed by atoms with E-state index in [-0.39, 0.29) is 17.4 Å². The molecule has 1 aromatic heterocycles. The zero-order chi connectivity index (χ0) is 20.3. The molecule has 3 rings (SSSR count). The second-order valence-electron chi connectivity index (χ2n) is 6.32. The average Bonchev–Trinajstić information content (AvgIpc) is 3.17. The number of rotatable bonds is 7. The Labute approximate surface area is 163 Å². The van der Waals surface area contributed by atoms with E-state index in [4.69, 9.17) is 4.74 Å². The molecule has 9 heteroatoms. The fraction of sp³-hybridized carbons (Fsp3) is 0.263. The molecule has 0 amide bonds. The Morgan fingerprint density at radius 1 is 1.18 bits per heavy atom. The molecule has 0 aliphatic rings. The molecule has 0 aliphatic carbocycles. The third-order valence-electron chi connectivity index (χ3n) is 4.44. The van der Waals surface area contributed by atoms with Gasteiger partial charge in [0.1, 0.15) is 11.0 Å². The summed E-state index contributed by atoms with van der Waals surface area (Å²) in [6.45, 7) is 2.97. The molecule has 1 atom stereocenters. The first kappa shape index (κ1) is 19.7. The minimum Gasteiger partial charge on any atom is -0.496 e. The van der Waals surface area contributed by atoms with Gasteiger partial charge in [0.2, 0.25) is 0 Å². The van der Waals surface area contributed by atoms with Crippen LogP contribution in [0, 0.1) is 0 Å². The van der Waals surface area contributed by atoms with Crippen molar-refractivity contribution in [1.29, 1.82) is 0 Å². The van der Waals surface area contributed by atoms with E-state index in [1.807, 2.05) is 18.2 Å². The molecule has 3 aromatic rings. The molecule has 2 aromatic carbocycles. The van der Waals surface area contributed by atoms with Crippen molar-refractivity contribution in [3.8, 4) is 11.4 Å². The second kappa shape index (κ2) is 7.89. The smallest absolute Gasteiger partial charge is 0.174 e. The number of benzene rings is 2. The first-order valence-corrected chi connectivity index (χ1v) is 10.3. The minimum absolute atomic E-state index is 0.151. The summed E-state index contributed by atoms with van der Waals surface area (Å²) in [5.41, 5.74) is 1.51. The van der Waals surface area contributed by atoms with Gasteiger partial charge in [0.05, 0.1) is 18.6 Å². The van der Waals surface area contributed by atoms with Gasteiger partial charge in [0, 0.05) is 11.1 Å². The van der Waals surface area contributed by atoms with Gasteiger partial charge in [-0.3, -0.25) is 4.79 Å². The SMILES string of the molecule is COc1ccc(C(C)=O)cc1CS(=O)(=O)C(C)c1nnnn1-c1ccccc1. The second-order valence-corrected chi connectivity index (χ2v) is 8.64. The number of methoxy groups -OCH3 is 1. The Balaban J connectivity index is 1.96. The lowest BCUT2D eigenvalue weighted by molar-refractivity contribution is 0.101. The normalized spacial score (nSPS) is 12.5. The largest absolute Gasteiger partial charge is 0.496 e. The lowest BCUT2D eigenvalue weighted by Gasteiger charge is -2.15. The summed E-state index contributed by atoms with van der Waals surface area (Å²) in [5, 5.41) is 10.5. The van der Waals surface area contributed by atoms with Crippen molar-refractivity contribution in [1.82, 2.24) is 20.2 Å². The Hall–Kier alpha value is -3.07. The molecule has 146 valence electrons. The van der Waals surface area contributed by atoms with Gasteiger partial charge in [-0.25, -0.2) is 8.42 Å². The monoisotopic (exact) mass is 400 g/mol. The number of nitrogens with zero attached hydrogens (tertiary/aromatic N) is 4. The van der Waals surface area contributed by atoms with Crippen LogP contribution in [0.5, 0.6) is 5.75 Å². The molecule has 1 unspecified atom stereocenters. The van der Waals surface area contributed by atoms with E-state index in [1.54, 1.807) is 37.3 Å². The summed E-state index contributed by atoms with van der Waals surface area (Å²) in [6.07, 6.45) is 0. The molecule has 28 heavy (non-hydrogen) atoms. The molecular weight excluding hydrogens is 380 g/mol. The van der Waals surface area contributed by atoms with Crippen molar-refractivity contribution in [2.75, 3.05) is 7.11 Å². The third-order valence-corrected chi connectivity index (χ3v) is 6.44. The summed E-state index contributed by atoms with van der Waals surface area (Å²) in [6, 6.07) is 13.8. The van der Waals surface area contributed by atoms with Crippen LogP contribution < -0.4 is 4.74 Å². The lowest BCUT2D eigenvalue weighted by Crippen LogP contribution is -2.18. The Bertz CT molecular complexity index is 1090. The van der Waals surface area contributed by atoms with Gasteiger partial charge < -0.3 is 4.74 Å². The van der Waals surface area contributed by atoms with E-state index in [9.17, 15) is 13.2 Å². The first-order valence-electron chi connectivity index (χ1n) is 8.56. The lowest BCUT2D eigenvalue weighted by atomic mass is 10.1. The van der Waals surface area contributed by atoms with E-state index >= 15 is 0 Å². The molecule has 0 saturated carbocycles. The highest BCUT2D eigenvalue weighted by atomic mass is 32.2. The predicted octanol–water partition coefficient (Wildman–Crippen LogP) is 2.55. The zero-order valence-corrected chi connectivity index (χ0v) is 16.5. The van der Waals surface area contributed by atoms with Crippen LogP contribution in [0.3, 0.4) is 0 Å². The van der Waals surface area contributed by atoms with Gasteiger partial charge in [-0.2, -0.15) is 4.68 Å². The molecule has 0 N–H and O–H groups in total. The van der Waals surface area contributed by atoms with Crippen LogP contribution in [0.4, 0.5) is 0 Å². The molecule has 0 aliphatic heterocycles. The number of sulfone groups is 1. The topological polar surface area (TPSA) is 104 Å². The summed E-state index contributed by atoms with van der Waals surface area (Å²) >= 11 is 0. The quantitative estimate of drug-likeness (QED) is 0.561. The number of para-hydroxylation sites is 1. The van der Waals surface area contributed by atoms with Crippen molar-refractivity contribution in [3.63, 3.8) is 0 Å². The van der Waals surface area contributed by atoms with E-state index in [0.29, 0.717) is 22.6 Å². The molecule has 0 spiro atoms. The van der Waals surface area contributed by atoms with Gasteiger partial charge in [0.15, 0.2) is 21.4 Å². The van der Waals surface area contributed by atoms with Gasteiger partial charge >= 0.3 is 0 Å². The van der Waals surface area contributed by atoms with Crippen molar-refractivity contribution in [3.05, 3.63) is 65.5 Å². The van der Waals surface area contributed by atoms with Crippen LogP contribution in [0.15, 0.2) is 48.5 Å². The van der Waals surface area contributed by atoms with Crippen molar-refractivity contribution >= 4 is 15.6 Å². The molecule has 0 saturated heterocycles. The Morgan fingerprint density at radius 2 is 1.89 bits per heavy atom. The highest BCUT2D eigenvalue weighted by molar-refractivity contribution is 7.90. The summed E-state index contributed by atoms with van der Waals surface area (Å²) in [5.74, 6) is 0.166. The maximum absolute atomic E-state index is 13.1. The Kier molecular flexibility index (Phi) is 5.55. The molecular formula is C19H20N4O4S. The van der Waals surface area contributed by atoms with Crippen LogP contribution in [0.1, 0.15) is 40.8 Å². The van der Waals surface area contributed by atoms with Gasteiger partial charge in [-0.1, -0.05) is 18.2 Å². The minimum atomic E-state index is -3.70. The average molecular weight is 400 g/mol. The molecule has 8 nitrogen and oxygen atoms in total. The van der Waals surface area contributed by atoms with Crippen LogP contribution in [0.2, 0.25) is 0 Å². The van der Waals surface area contributed by atoms with E-state index in [2.05, 4.69) is 15.5 Å². The van der Waals surface area contributed by atoms with Crippen LogP contribution in [-0.4, -0.2) is 41.5 Å². The van der Waals surface area contributed by atoms with Crippen molar-refractivity contribution < 1.29 is 17.9 Å². The number of hydrogen-bond donors (Lipinski definition) is 0. The van der Waals surface area contributed by atoms with Crippen LogP contribution >= 0.6 is 0 Å². The first-order chi connectivity index (χ1) is 13.3. The maximum Gasteiger partial charge on any atom is 0.174 e. The maximum atomic E-state index is 13.1. The van der Waals surface area contributed by atoms with Gasteiger partial charge in [-0.15, -0.1) is 5.10 Å². The van der Waals surface area contributed by atoms with E-state index in [1.165, 1.54) is 18.7 Å². The number of carbonyl (C=O) groups excluding carboxylic acids is 1. The summed E-state index contributed by atoms with van der Waals surface area (Å²) < 4.78 is 32.8. The fourth-order valence-corrected chi connectivity index (χ4v) is 4.19. The molecule has 0 bridgehead atoms. The number of aromatic nitrogens is 4. The number of ketones is 1.